The molecular weight excluding hydrogens is 759 g/mol. The summed E-state index contributed by atoms with van der Waals surface area (Å²) in [5, 5.41) is -0.668. The average molecular weight is 764 g/mol. The molecule has 15 heteroatoms. The molecule has 0 amide bonds. The van der Waals surface area contributed by atoms with E-state index in [-0.39, 0.29) is 212 Å². The molecule has 0 aliphatic heterocycles. The summed E-state index contributed by atoms with van der Waals surface area (Å²) in [4.78, 5) is -4.97. The van der Waals surface area contributed by atoms with Gasteiger partial charge >= 0.3 is 207 Å². The molecule has 0 aromatic heterocycles. The summed E-state index contributed by atoms with van der Waals surface area (Å²) < 4.78 is 101. The fourth-order valence-corrected chi connectivity index (χ4v) is 5.27. The van der Waals surface area contributed by atoms with E-state index in [9.17, 15) is 38.9 Å². The molecule has 2 rings (SSSR count). The second-order valence-electron chi connectivity index (χ2n) is 4.12. The van der Waals surface area contributed by atoms with Gasteiger partial charge in [0.2, 0.25) is 0 Å². The van der Waals surface area contributed by atoms with Crippen LogP contribution in [-0.4, -0.2) is 38.9 Å². The van der Waals surface area contributed by atoms with Crippen LogP contribution in [0.5, 0.6) is 0 Å². The van der Waals surface area contributed by atoms with Crippen molar-refractivity contribution in [3.05, 3.63) is 30.3 Å². The first-order valence-electron chi connectivity index (χ1n) is 5.27. The van der Waals surface area contributed by atoms with E-state index in [1.54, 1.807) is 0 Å². The number of fused-ring (bicyclic) bond motifs is 1. The smallest absolute Gasteiger partial charge is 0.744 e. The zero-order valence-electron chi connectivity index (χ0n) is 13.3. The zero-order valence-corrected chi connectivity index (χ0v) is 34.6. The van der Waals surface area contributed by atoms with Crippen molar-refractivity contribution in [3.63, 3.8) is 0 Å². The molecule has 0 saturated carbocycles. The molecule has 0 heterocycles. The first-order chi connectivity index (χ1) is 9.83. The molecule has 0 aliphatic rings. The van der Waals surface area contributed by atoms with E-state index in [0.717, 1.165) is 12.1 Å². The Morgan fingerprint density at radius 2 is 1.08 bits per heavy atom. The van der Waals surface area contributed by atoms with Crippen molar-refractivity contribution in [2.75, 3.05) is 0 Å². The molecule has 25 heavy (non-hydrogen) atoms. The third-order valence-electron chi connectivity index (χ3n) is 2.69. The Labute approximate surface area is 321 Å². The number of rotatable bonds is 3. The molecule has 0 radical (unpaired) electrons. The molecular formula is C10H5Cs3O9S3. The molecule has 0 fully saturated rings. The zero-order chi connectivity index (χ0) is 16.9. The summed E-state index contributed by atoms with van der Waals surface area (Å²) in [6, 6.07) is 5.27. The van der Waals surface area contributed by atoms with Gasteiger partial charge in [0, 0.05) is 5.39 Å². The number of hydrogen-bond donors (Lipinski definition) is 0. The van der Waals surface area contributed by atoms with Gasteiger partial charge in [0.05, 0.1) is 14.7 Å². The van der Waals surface area contributed by atoms with Crippen molar-refractivity contribution in [2.24, 2.45) is 0 Å². The Balaban J connectivity index is 0. The molecule has 0 saturated heterocycles. The van der Waals surface area contributed by atoms with Crippen LogP contribution < -0.4 is 207 Å². The molecule has 0 bridgehead atoms. The van der Waals surface area contributed by atoms with Crippen LogP contribution in [0.4, 0.5) is 0 Å². The van der Waals surface area contributed by atoms with Crippen LogP contribution in [0.3, 0.4) is 0 Å². The summed E-state index contributed by atoms with van der Waals surface area (Å²) in [6.45, 7) is 0. The van der Waals surface area contributed by atoms with Crippen molar-refractivity contribution in [1.29, 1.82) is 0 Å². The molecule has 0 atom stereocenters. The molecule has 0 unspecified atom stereocenters. The van der Waals surface area contributed by atoms with Crippen LogP contribution >= 0.6 is 0 Å². The summed E-state index contributed by atoms with van der Waals surface area (Å²) in [5.74, 6) is 0. The van der Waals surface area contributed by atoms with Crippen molar-refractivity contribution in [3.8, 4) is 0 Å². The van der Waals surface area contributed by atoms with Crippen molar-refractivity contribution in [1.82, 2.24) is 0 Å². The van der Waals surface area contributed by atoms with Crippen LogP contribution in [-0.2, 0) is 30.4 Å². The van der Waals surface area contributed by atoms with E-state index >= 15 is 0 Å². The number of benzene rings is 2. The average Bonchev–Trinajstić information content (AvgIpc) is 2.33. The molecule has 0 N–H and O–H groups in total. The van der Waals surface area contributed by atoms with Gasteiger partial charge in [-0.2, -0.15) is 0 Å². The minimum Gasteiger partial charge on any atom is -0.744 e. The van der Waals surface area contributed by atoms with Crippen molar-refractivity contribution >= 4 is 41.1 Å². The minimum absolute atomic E-state index is 0. The van der Waals surface area contributed by atoms with Gasteiger partial charge in [0.1, 0.15) is 30.4 Å². The van der Waals surface area contributed by atoms with Crippen LogP contribution in [0.15, 0.2) is 45.0 Å². The summed E-state index contributed by atoms with van der Waals surface area (Å²) in [5.41, 5.74) is 0. The third kappa shape index (κ3) is 8.22. The Kier molecular flexibility index (Phi) is 15.2. The van der Waals surface area contributed by atoms with Gasteiger partial charge in [-0.1, -0.05) is 24.3 Å². The molecule has 0 aliphatic carbocycles. The predicted molar refractivity (Wildman–Crippen MR) is 67.8 cm³/mol. The fraction of sp³-hybridized carbons (Fsp3) is 0. The van der Waals surface area contributed by atoms with Crippen LogP contribution in [0, 0.1) is 0 Å². The maximum Gasteiger partial charge on any atom is 1.00 e. The third-order valence-corrected chi connectivity index (χ3v) is 5.66. The normalized spacial score (nSPS) is 11.8. The van der Waals surface area contributed by atoms with E-state index in [4.69, 9.17) is 0 Å². The summed E-state index contributed by atoms with van der Waals surface area (Å²) in [6.07, 6.45) is 0. The number of hydrogen-bond acceptors (Lipinski definition) is 9. The first kappa shape index (κ1) is 31.8. The molecule has 2 aromatic rings. The topological polar surface area (TPSA) is 172 Å². The Bertz CT molecular complexity index is 1090. The van der Waals surface area contributed by atoms with Crippen molar-refractivity contribution < 1.29 is 246 Å². The molecule has 120 valence electrons. The maximum atomic E-state index is 11.3. The van der Waals surface area contributed by atoms with Gasteiger partial charge in [-0.25, -0.2) is 25.3 Å². The van der Waals surface area contributed by atoms with Gasteiger partial charge < -0.3 is 13.7 Å². The Morgan fingerprint density at radius 1 is 0.640 bits per heavy atom. The quantitative estimate of drug-likeness (QED) is 0.276. The minimum atomic E-state index is -5.73. The van der Waals surface area contributed by atoms with E-state index in [2.05, 4.69) is 0 Å². The maximum absolute atomic E-state index is 11.3. The van der Waals surface area contributed by atoms with Gasteiger partial charge in [0.15, 0.2) is 0 Å². The summed E-state index contributed by atoms with van der Waals surface area (Å²) >= 11 is 0. The monoisotopic (exact) mass is 764 g/mol. The van der Waals surface area contributed by atoms with E-state index in [0.29, 0.717) is 6.07 Å². The largest absolute Gasteiger partial charge is 1.00 e. The van der Waals surface area contributed by atoms with Crippen LogP contribution in [0.1, 0.15) is 0 Å². The van der Waals surface area contributed by atoms with Gasteiger partial charge in [-0.15, -0.1) is 0 Å². The van der Waals surface area contributed by atoms with Gasteiger partial charge in [0.25, 0.3) is 0 Å². The van der Waals surface area contributed by atoms with E-state index < -0.39 is 50.4 Å². The Morgan fingerprint density at radius 3 is 1.48 bits per heavy atom. The SMILES string of the molecule is O=S(=O)([O-])c1cc2ccccc2c(S(=O)(=O)[O-])c1S(=O)(=O)[O-].[Cs+].[Cs+].[Cs+]. The first-order valence-corrected chi connectivity index (χ1v) is 9.49. The second-order valence-corrected chi connectivity index (χ2v) is 8.10. The van der Waals surface area contributed by atoms with Gasteiger partial charge in [-0.3, -0.25) is 0 Å². The molecule has 9 nitrogen and oxygen atoms in total. The molecule has 0 spiro atoms. The molecule has 2 aromatic carbocycles. The van der Waals surface area contributed by atoms with Crippen LogP contribution in [0.25, 0.3) is 10.8 Å². The predicted octanol–water partition coefficient (Wildman–Crippen LogP) is -9.44. The summed E-state index contributed by atoms with van der Waals surface area (Å²) in [7, 11) is -16.8. The van der Waals surface area contributed by atoms with Crippen LogP contribution in [0.2, 0.25) is 0 Å². The van der Waals surface area contributed by atoms with E-state index in [1.807, 2.05) is 0 Å². The fourth-order valence-electron chi connectivity index (χ4n) is 1.94. The van der Waals surface area contributed by atoms with Crippen molar-refractivity contribution in [2.45, 2.75) is 14.7 Å². The van der Waals surface area contributed by atoms with Gasteiger partial charge in [-0.05, 0) is 11.5 Å². The second kappa shape index (κ2) is 12.0. The standard InChI is InChI=1S/C10H8O9S3.3Cs/c11-20(12,13)8-5-6-3-1-2-4-7(6)9(21(14,15)16)10(8)22(17,18)19;;;/h1-5H,(H,11,12,13)(H,14,15,16)(H,17,18,19);;;/q;3*+1/p-3. The Hall–Kier alpha value is 4.59. The van der Waals surface area contributed by atoms with E-state index in [1.165, 1.54) is 12.1 Å².